The van der Waals surface area contributed by atoms with E-state index in [-0.39, 0.29) is 6.10 Å². The molecule has 82 valence electrons. The first-order valence-corrected chi connectivity index (χ1v) is 7.31. The molecule has 0 saturated carbocycles. The highest BCUT2D eigenvalue weighted by atomic mass is 35.5. The van der Waals surface area contributed by atoms with Gasteiger partial charge in [-0.05, 0) is 25.1 Å². The fraction of sp³-hybridized carbons (Fsp3) is 0.333. The Balaban J connectivity index is 2.45. The number of rotatable bonds is 1. The van der Waals surface area contributed by atoms with Crippen LogP contribution < -0.4 is 4.52 Å². The molecular formula is C9H10ClO3PS. The lowest BCUT2D eigenvalue weighted by molar-refractivity contribution is 0.154. The SMILES string of the molecule is COP1(=S)Oc2ccc(Cl)cc2[C@H](C)O1. The van der Waals surface area contributed by atoms with Gasteiger partial charge in [0, 0.05) is 29.5 Å². The van der Waals surface area contributed by atoms with E-state index in [4.69, 9.17) is 37.0 Å². The van der Waals surface area contributed by atoms with Crippen LogP contribution >= 0.6 is 18.3 Å². The summed E-state index contributed by atoms with van der Waals surface area (Å²) in [6.45, 7) is -0.707. The maximum Gasteiger partial charge on any atom is 0.380 e. The van der Waals surface area contributed by atoms with Crippen LogP contribution in [-0.4, -0.2) is 7.11 Å². The van der Waals surface area contributed by atoms with E-state index in [1.807, 2.05) is 13.0 Å². The third kappa shape index (κ3) is 2.19. The minimum atomic E-state index is -2.61. The Morgan fingerprint density at radius 3 is 2.93 bits per heavy atom. The van der Waals surface area contributed by atoms with Crippen LogP contribution in [0.4, 0.5) is 0 Å². The molecule has 0 bridgehead atoms. The van der Waals surface area contributed by atoms with Gasteiger partial charge in [0.2, 0.25) is 0 Å². The van der Waals surface area contributed by atoms with Gasteiger partial charge in [-0.25, -0.2) is 0 Å². The van der Waals surface area contributed by atoms with Crippen LogP contribution in [0.2, 0.25) is 5.02 Å². The molecule has 1 aromatic carbocycles. The van der Waals surface area contributed by atoms with Gasteiger partial charge < -0.3 is 9.05 Å². The van der Waals surface area contributed by atoms with Crippen molar-refractivity contribution in [2.24, 2.45) is 0 Å². The molecule has 1 aliphatic rings. The van der Waals surface area contributed by atoms with Crippen molar-refractivity contribution in [3.05, 3.63) is 28.8 Å². The number of hydrogen-bond donors (Lipinski definition) is 0. The Hall–Kier alpha value is -0.120. The second-order valence-electron chi connectivity index (χ2n) is 3.15. The molecule has 0 N–H and O–H groups in total. The predicted octanol–water partition coefficient (Wildman–Crippen LogP) is 3.68. The van der Waals surface area contributed by atoms with Crippen molar-refractivity contribution < 1.29 is 13.6 Å². The van der Waals surface area contributed by atoms with Gasteiger partial charge in [0.15, 0.2) is 0 Å². The Bertz CT molecular complexity index is 437. The van der Waals surface area contributed by atoms with Gasteiger partial charge in [0.1, 0.15) is 5.75 Å². The topological polar surface area (TPSA) is 27.7 Å². The van der Waals surface area contributed by atoms with Crippen molar-refractivity contribution in [3.63, 3.8) is 0 Å². The second-order valence-corrected chi connectivity index (χ2v) is 6.58. The summed E-state index contributed by atoms with van der Waals surface area (Å²) in [5, 5.41) is 0.653. The molecule has 0 saturated heterocycles. The molecule has 1 heterocycles. The molecule has 15 heavy (non-hydrogen) atoms. The summed E-state index contributed by atoms with van der Waals surface area (Å²) in [5.74, 6) is 0.698. The van der Waals surface area contributed by atoms with Gasteiger partial charge in [-0.15, -0.1) is 0 Å². The number of fused-ring (bicyclic) bond motifs is 1. The van der Waals surface area contributed by atoms with E-state index in [1.165, 1.54) is 7.11 Å². The number of benzene rings is 1. The molecule has 0 radical (unpaired) electrons. The monoisotopic (exact) mass is 264 g/mol. The molecule has 6 heteroatoms. The van der Waals surface area contributed by atoms with Crippen LogP contribution in [0.25, 0.3) is 0 Å². The van der Waals surface area contributed by atoms with Crippen LogP contribution in [0.5, 0.6) is 5.75 Å². The third-order valence-electron chi connectivity index (χ3n) is 2.13. The van der Waals surface area contributed by atoms with Gasteiger partial charge in [0.25, 0.3) is 0 Å². The van der Waals surface area contributed by atoms with Crippen molar-refractivity contribution in [1.82, 2.24) is 0 Å². The molecule has 0 aliphatic carbocycles. The Morgan fingerprint density at radius 1 is 1.53 bits per heavy atom. The largest absolute Gasteiger partial charge is 0.424 e. The summed E-state index contributed by atoms with van der Waals surface area (Å²) in [7, 11) is 1.49. The van der Waals surface area contributed by atoms with Gasteiger partial charge in [0.05, 0.1) is 6.10 Å². The molecule has 2 rings (SSSR count). The maximum atomic E-state index is 5.89. The van der Waals surface area contributed by atoms with E-state index in [0.29, 0.717) is 10.8 Å². The van der Waals surface area contributed by atoms with Crippen molar-refractivity contribution >= 4 is 30.1 Å². The zero-order valence-electron chi connectivity index (χ0n) is 8.27. The van der Waals surface area contributed by atoms with Crippen molar-refractivity contribution in [1.29, 1.82) is 0 Å². The highest BCUT2D eigenvalue weighted by Gasteiger charge is 2.32. The molecule has 1 aromatic rings. The Labute approximate surface area is 98.5 Å². The summed E-state index contributed by atoms with van der Waals surface area (Å²) < 4.78 is 16.1. The van der Waals surface area contributed by atoms with Crippen LogP contribution in [-0.2, 0) is 20.9 Å². The Kier molecular flexibility index (Phi) is 3.06. The number of hydrogen-bond acceptors (Lipinski definition) is 4. The van der Waals surface area contributed by atoms with E-state index in [1.54, 1.807) is 12.1 Å². The maximum absolute atomic E-state index is 5.89. The second kappa shape index (κ2) is 4.04. The summed E-state index contributed by atoms with van der Waals surface area (Å²) in [5.41, 5.74) is 0.903. The fourth-order valence-corrected chi connectivity index (χ4v) is 3.31. The molecule has 0 fully saturated rings. The van der Waals surface area contributed by atoms with Crippen LogP contribution in [0, 0.1) is 0 Å². The minimum Gasteiger partial charge on any atom is -0.424 e. The van der Waals surface area contributed by atoms with Gasteiger partial charge in [-0.3, -0.25) is 4.52 Å². The normalized spacial score (nSPS) is 29.4. The lowest BCUT2D eigenvalue weighted by Crippen LogP contribution is -2.11. The Morgan fingerprint density at radius 2 is 2.27 bits per heavy atom. The first-order valence-electron chi connectivity index (χ1n) is 4.37. The molecule has 0 amide bonds. The summed E-state index contributed by atoms with van der Waals surface area (Å²) in [6, 6.07) is 5.36. The quantitative estimate of drug-likeness (QED) is 0.723. The van der Waals surface area contributed by atoms with Crippen LogP contribution in [0.3, 0.4) is 0 Å². The van der Waals surface area contributed by atoms with Crippen molar-refractivity contribution in [2.45, 2.75) is 13.0 Å². The summed E-state index contributed by atoms with van der Waals surface area (Å²) in [4.78, 5) is 0. The minimum absolute atomic E-state index is 0.154. The lowest BCUT2D eigenvalue weighted by Gasteiger charge is -2.31. The first-order chi connectivity index (χ1) is 7.04. The zero-order chi connectivity index (χ0) is 11.1. The van der Waals surface area contributed by atoms with Gasteiger partial charge in [-0.1, -0.05) is 11.6 Å². The zero-order valence-corrected chi connectivity index (χ0v) is 10.7. The van der Waals surface area contributed by atoms with Gasteiger partial charge >= 0.3 is 6.72 Å². The first kappa shape index (κ1) is 11.4. The predicted molar refractivity (Wildman–Crippen MR) is 62.9 cm³/mol. The van der Waals surface area contributed by atoms with E-state index in [9.17, 15) is 0 Å². The summed E-state index contributed by atoms with van der Waals surface area (Å²) >= 11 is 11.0. The molecular weight excluding hydrogens is 255 g/mol. The smallest absolute Gasteiger partial charge is 0.380 e. The average Bonchev–Trinajstić information content (AvgIpc) is 2.20. The highest BCUT2D eigenvalue weighted by molar-refractivity contribution is 8.07. The van der Waals surface area contributed by atoms with Gasteiger partial charge in [-0.2, -0.15) is 0 Å². The van der Waals surface area contributed by atoms with Crippen LogP contribution in [0.15, 0.2) is 18.2 Å². The lowest BCUT2D eigenvalue weighted by atomic mass is 10.1. The fourth-order valence-electron chi connectivity index (χ4n) is 1.39. The van der Waals surface area contributed by atoms with Crippen molar-refractivity contribution in [3.8, 4) is 5.75 Å². The van der Waals surface area contributed by atoms with E-state index in [2.05, 4.69) is 0 Å². The molecule has 0 spiro atoms. The molecule has 1 aliphatic heterocycles. The van der Waals surface area contributed by atoms with Crippen LogP contribution in [0.1, 0.15) is 18.6 Å². The third-order valence-corrected chi connectivity index (χ3v) is 4.74. The molecule has 3 nitrogen and oxygen atoms in total. The van der Waals surface area contributed by atoms with Crippen molar-refractivity contribution in [2.75, 3.05) is 7.11 Å². The number of halogens is 1. The molecule has 1 unspecified atom stereocenters. The van der Waals surface area contributed by atoms with E-state index < -0.39 is 6.72 Å². The molecule has 2 atom stereocenters. The standard InChI is InChI=1S/C9H10ClO3PS/c1-6-8-5-7(10)3-4-9(8)13-14(15,11-2)12-6/h3-6H,1-2H3/t6-,14?/m0/s1. The summed E-state index contributed by atoms with van der Waals surface area (Å²) in [6.07, 6.45) is -0.154. The van der Waals surface area contributed by atoms with E-state index in [0.717, 1.165) is 5.56 Å². The average molecular weight is 265 g/mol. The molecule has 0 aromatic heterocycles. The van der Waals surface area contributed by atoms with E-state index >= 15 is 0 Å². The highest BCUT2D eigenvalue weighted by Crippen LogP contribution is 2.58.